The first kappa shape index (κ1) is 9.98. The van der Waals surface area contributed by atoms with Crippen molar-refractivity contribution < 1.29 is 4.39 Å². The van der Waals surface area contributed by atoms with Crippen LogP contribution in [0.2, 0.25) is 5.02 Å². The molecule has 15 heavy (non-hydrogen) atoms. The first-order chi connectivity index (χ1) is 7.15. The highest BCUT2D eigenvalue weighted by Gasteiger charge is 2.01. The van der Waals surface area contributed by atoms with Crippen LogP contribution in [0.15, 0.2) is 30.7 Å². The molecule has 0 saturated carbocycles. The molecule has 78 valence electrons. The molecule has 2 rings (SSSR count). The fourth-order valence-corrected chi connectivity index (χ4v) is 1.52. The zero-order valence-electron chi connectivity index (χ0n) is 7.82. The minimum atomic E-state index is -0.412. The number of rotatable bonds is 2. The normalized spacial score (nSPS) is 10.5. The van der Waals surface area contributed by atoms with Crippen LogP contribution < -0.4 is 5.73 Å². The number of anilines is 1. The van der Waals surface area contributed by atoms with Crippen LogP contribution in [0.3, 0.4) is 0 Å². The van der Waals surface area contributed by atoms with Gasteiger partial charge in [-0.1, -0.05) is 17.7 Å². The summed E-state index contributed by atoms with van der Waals surface area (Å²) in [4.78, 5) is 3.89. The molecule has 0 aliphatic rings. The zero-order valence-corrected chi connectivity index (χ0v) is 8.58. The summed E-state index contributed by atoms with van der Waals surface area (Å²) in [6.45, 7) is 0.574. The van der Waals surface area contributed by atoms with E-state index >= 15 is 0 Å². The highest BCUT2D eigenvalue weighted by Crippen LogP contribution is 2.16. The second-order valence-corrected chi connectivity index (χ2v) is 3.63. The minimum absolute atomic E-state index is 0.126. The van der Waals surface area contributed by atoms with E-state index in [0.717, 1.165) is 5.56 Å². The van der Waals surface area contributed by atoms with Crippen molar-refractivity contribution in [1.82, 2.24) is 9.55 Å². The lowest BCUT2D eigenvalue weighted by molar-refractivity contribution is 0.626. The van der Waals surface area contributed by atoms with Gasteiger partial charge in [0, 0.05) is 12.7 Å². The smallest absolute Gasteiger partial charge is 0.141 e. The van der Waals surface area contributed by atoms with Gasteiger partial charge in [0.15, 0.2) is 0 Å². The van der Waals surface area contributed by atoms with Gasteiger partial charge >= 0.3 is 0 Å². The van der Waals surface area contributed by atoms with Crippen LogP contribution in [0.4, 0.5) is 10.2 Å². The van der Waals surface area contributed by atoms with Crippen LogP contribution in [0.25, 0.3) is 0 Å². The molecule has 5 heteroatoms. The molecule has 0 unspecified atom stereocenters. The van der Waals surface area contributed by atoms with Crippen molar-refractivity contribution in [3.8, 4) is 0 Å². The lowest BCUT2D eigenvalue weighted by atomic mass is 10.2. The largest absolute Gasteiger partial charge is 0.382 e. The predicted octanol–water partition coefficient (Wildman–Crippen LogP) is 2.31. The second kappa shape index (κ2) is 3.90. The fraction of sp³-hybridized carbons (Fsp3) is 0.100. The Balaban J connectivity index is 2.21. The van der Waals surface area contributed by atoms with Crippen molar-refractivity contribution >= 4 is 17.4 Å². The third-order valence-electron chi connectivity index (χ3n) is 2.00. The van der Waals surface area contributed by atoms with Gasteiger partial charge in [-0.3, -0.25) is 0 Å². The van der Waals surface area contributed by atoms with E-state index in [1.165, 1.54) is 6.07 Å². The molecule has 0 aliphatic carbocycles. The van der Waals surface area contributed by atoms with Crippen molar-refractivity contribution in [2.24, 2.45) is 0 Å². The number of imidazole rings is 1. The van der Waals surface area contributed by atoms with Crippen molar-refractivity contribution in [2.75, 3.05) is 5.73 Å². The summed E-state index contributed by atoms with van der Waals surface area (Å²) in [6, 6.07) is 4.61. The van der Waals surface area contributed by atoms with E-state index in [2.05, 4.69) is 4.98 Å². The van der Waals surface area contributed by atoms with Crippen LogP contribution in [0.5, 0.6) is 0 Å². The number of benzene rings is 1. The maximum Gasteiger partial charge on any atom is 0.141 e. The van der Waals surface area contributed by atoms with E-state index in [-0.39, 0.29) is 5.02 Å². The van der Waals surface area contributed by atoms with Crippen molar-refractivity contribution in [3.63, 3.8) is 0 Å². The average Bonchev–Trinajstić information content (AvgIpc) is 2.58. The van der Waals surface area contributed by atoms with Crippen LogP contribution in [0.1, 0.15) is 5.56 Å². The van der Waals surface area contributed by atoms with Crippen molar-refractivity contribution in [1.29, 1.82) is 0 Å². The van der Waals surface area contributed by atoms with Crippen molar-refractivity contribution in [2.45, 2.75) is 6.54 Å². The van der Waals surface area contributed by atoms with Crippen LogP contribution >= 0.6 is 11.6 Å². The Hall–Kier alpha value is -1.55. The molecule has 0 bridgehead atoms. The summed E-state index contributed by atoms with van der Waals surface area (Å²) in [5, 5.41) is 0.126. The summed E-state index contributed by atoms with van der Waals surface area (Å²) < 4.78 is 14.7. The molecule has 1 heterocycles. The molecular formula is C10H9ClFN3. The molecule has 0 saturated heterocycles. The highest BCUT2D eigenvalue weighted by molar-refractivity contribution is 6.30. The molecule has 2 aromatic rings. The maximum absolute atomic E-state index is 12.9. The van der Waals surface area contributed by atoms with Gasteiger partial charge in [0.05, 0.1) is 11.3 Å². The van der Waals surface area contributed by atoms with Gasteiger partial charge in [-0.25, -0.2) is 9.37 Å². The summed E-state index contributed by atoms with van der Waals surface area (Å²) in [5.74, 6) is 0.0498. The lowest BCUT2D eigenvalue weighted by Gasteiger charge is -2.03. The molecule has 1 aromatic carbocycles. The first-order valence-electron chi connectivity index (χ1n) is 4.36. The number of halogens is 2. The first-order valence-corrected chi connectivity index (χ1v) is 4.74. The Morgan fingerprint density at radius 1 is 1.47 bits per heavy atom. The van der Waals surface area contributed by atoms with E-state index in [0.29, 0.717) is 12.4 Å². The summed E-state index contributed by atoms with van der Waals surface area (Å²) in [7, 11) is 0. The van der Waals surface area contributed by atoms with Crippen LogP contribution in [-0.4, -0.2) is 9.55 Å². The van der Waals surface area contributed by atoms with Crippen LogP contribution in [0, 0.1) is 5.82 Å². The Bertz CT molecular complexity index is 481. The van der Waals surface area contributed by atoms with E-state index in [9.17, 15) is 4.39 Å². The van der Waals surface area contributed by atoms with Gasteiger partial charge in [0.25, 0.3) is 0 Å². The summed E-state index contributed by atoms with van der Waals surface area (Å²) in [5.41, 5.74) is 6.37. The fourth-order valence-electron chi connectivity index (χ4n) is 1.31. The summed E-state index contributed by atoms with van der Waals surface area (Å²) in [6.07, 6.45) is 3.32. The lowest BCUT2D eigenvalue weighted by Crippen LogP contribution is -1.96. The quantitative estimate of drug-likeness (QED) is 0.853. The maximum atomic E-state index is 12.9. The topological polar surface area (TPSA) is 43.8 Å². The molecule has 3 nitrogen and oxygen atoms in total. The molecule has 0 amide bonds. The summed E-state index contributed by atoms with van der Waals surface area (Å²) >= 11 is 5.66. The molecule has 0 atom stereocenters. The van der Waals surface area contributed by atoms with Crippen LogP contribution in [-0.2, 0) is 6.54 Å². The molecular weight excluding hydrogens is 217 g/mol. The third-order valence-corrected chi connectivity index (χ3v) is 2.29. The SMILES string of the molecule is Nc1cn(Cc2ccc(F)c(Cl)c2)cn1. The zero-order chi connectivity index (χ0) is 10.8. The second-order valence-electron chi connectivity index (χ2n) is 3.22. The monoisotopic (exact) mass is 225 g/mol. The Morgan fingerprint density at radius 2 is 2.27 bits per heavy atom. The van der Waals surface area contributed by atoms with E-state index in [4.69, 9.17) is 17.3 Å². The number of nitrogens with two attached hydrogens (primary N) is 1. The Kier molecular flexibility index (Phi) is 2.60. The number of nitrogens with zero attached hydrogens (tertiary/aromatic N) is 2. The van der Waals surface area contributed by atoms with Gasteiger partial charge in [-0.2, -0.15) is 0 Å². The molecule has 0 spiro atoms. The average molecular weight is 226 g/mol. The number of hydrogen-bond donors (Lipinski definition) is 1. The number of nitrogen functional groups attached to an aromatic ring is 1. The van der Waals surface area contributed by atoms with Gasteiger partial charge in [-0.15, -0.1) is 0 Å². The van der Waals surface area contributed by atoms with Gasteiger partial charge in [0.2, 0.25) is 0 Å². The number of hydrogen-bond acceptors (Lipinski definition) is 2. The third kappa shape index (κ3) is 2.27. The Labute approximate surface area is 91.3 Å². The Morgan fingerprint density at radius 3 is 2.87 bits per heavy atom. The standard InChI is InChI=1S/C10H9ClFN3/c11-8-3-7(1-2-9(8)12)4-15-5-10(13)14-6-15/h1-3,5-6H,4,13H2. The predicted molar refractivity (Wildman–Crippen MR) is 57.2 cm³/mol. The highest BCUT2D eigenvalue weighted by atomic mass is 35.5. The van der Waals surface area contributed by atoms with E-state index < -0.39 is 5.82 Å². The minimum Gasteiger partial charge on any atom is -0.382 e. The number of aromatic nitrogens is 2. The van der Waals surface area contributed by atoms with Gasteiger partial charge in [-0.05, 0) is 17.7 Å². The van der Waals surface area contributed by atoms with Crippen molar-refractivity contribution in [3.05, 3.63) is 47.1 Å². The molecule has 1 aromatic heterocycles. The molecule has 0 aliphatic heterocycles. The van der Waals surface area contributed by atoms with Gasteiger partial charge in [0.1, 0.15) is 11.6 Å². The molecule has 0 radical (unpaired) electrons. The van der Waals surface area contributed by atoms with Gasteiger partial charge < -0.3 is 10.3 Å². The molecule has 2 N–H and O–H groups in total. The molecule has 0 fully saturated rings. The van der Waals surface area contributed by atoms with E-state index in [1.807, 2.05) is 0 Å². The van der Waals surface area contributed by atoms with E-state index in [1.54, 1.807) is 29.2 Å².